The third-order valence-corrected chi connectivity index (χ3v) is 6.13. The third-order valence-electron chi connectivity index (χ3n) is 6.13. The number of amides is 1. The van der Waals surface area contributed by atoms with Gasteiger partial charge in [-0.2, -0.15) is 0 Å². The third kappa shape index (κ3) is 5.15. The average Bonchev–Trinajstić information content (AvgIpc) is 3.21. The number of likely N-dealkylation sites (tertiary alicyclic amines) is 1. The van der Waals surface area contributed by atoms with Gasteiger partial charge in [-0.15, -0.1) is 0 Å². The minimum atomic E-state index is 0.164. The number of carbonyl (C=O) groups excluding carboxylic acids is 1. The van der Waals surface area contributed by atoms with E-state index in [0.29, 0.717) is 11.9 Å². The Kier molecular flexibility index (Phi) is 6.59. The second kappa shape index (κ2) is 9.53. The second-order valence-electron chi connectivity index (χ2n) is 8.47. The van der Waals surface area contributed by atoms with Crippen LogP contribution in [-0.4, -0.2) is 84.0 Å². The van der Waals surface area contributed by atoms with Crippen LogP contribution in [0.5, 0.6) is 6.01 Å². The molecule has 4 rings (SSSR count). The van der Waals surface area contributed by atoms with E-state index < -0.39 is 0 Å². The molecule has 160 valence electrons. The molecule has 2 saturated heterocycles. The fraction of sp³-hybridized carbons (Fsp3) is 0.522. The molecule has 0 saturated carbocycles. The molecule has 0 bridgehead atoms. The van der Waals surface area contributed by atoms with Gasteiger partial charge in [-0.3, -0.25) is 9.69 Å². The van der Waals surface area contributed by atoms with Gasteiger partial charge in [-0.25, -0.2) is 9.97 Å². The molecule has 1 aromatic carbocycles. The fourth-order valence-corrected chi connectivity index (χ4v) is 4.37. The van der Waals surface area contributed by atoms with E-state index in [1.165, 1.54) is 12.0 Å². The number of likely N-dealkylation sites (N-methyl/N-ethyl adjacent to an activating group) is 1. The highest BCUT2D eigenvalue weighted by molar-refractivity contribution is 5.94. The smallest absolute Gasteiger partial charge is 0.316 e. The summed E-state index contributed by atoms with van der Waals surface area (Å²) in [4.78, 5) is 28.0. The average molecular weight is 410 g/mol. The molecule has 0 spiro atoms. The largest absolute Gasteiger partial charge is 0.467 e. The molecule has 2 fully saturated rings. The van der Waals surface area contributed by atoms with Crippen molar-refractivity contribution in [2.75, 3.05) is 53.4 Å². The monoisotopic (exact) mass is 409 g/mol. The summed E-state index contributed by atoms with van der Waals surface area (Å²) in [7, 11) is 3.68. The van der Waals surface area contributed by atoms with Gasteiger partial charge in [0.1, 0.15) is 0 Å². The van der Waals surface area contributed by atoms with Crippen LogP contribution in [0.25, 0.3) is 0 Å². The highest BCUT2D eigenvalue weighted by Crippen LogP contribution is 2.23. The van der Waals surface area contributed by atoms with E-state index in [1.807, 2.05) is 29.4 Å². The summed E-state index contributed by atoms with van der Waals surface area (Å²) in [5, 5.41) is 0. The molecule has 7 nitrogen and oxygen atoms in total. The number of piperazine rings is 1. The number of nitrogens with zero attached hydrogens (tertiary/aromatic N) is 5. The maximum absolute atomic E-state index is 12.9. The molecule has 0 radical (unpaired) electrons. The lowest BCUT2D eigenvalue weighted by molar-refractivity contribution is 0.0664. The van der Waals surface area contributed by atoms with Crippen LogP contribution in [0.2, 0.25) is 0 Å². The standard InChI is InChI=1S/C23H31N5O2/c1-26-8-10-28(11-9-26)22(29)21-5-3-4-18(13-21)12-19-6-7-27(16-19)17-20-14-24-23(30-2)25-15-20/h3-5,13-15,19H,6-12,16-17H2,1-2H3. The topological polar surface area (TPSA) is 61.8 Å². The Balaban J connectivity index is 1.31. The second-order valence-corrected chi connectivity index (χ2v) is 8.47. The molecule has 3 heterocycles. The van der Waals surface area contributed by atoms with Crippen molar-refractivity contribution in [2.45, 2.75) is 19.4 Å². The highest BCUT2D eigenvalue weighted by atomic mass is 16.5. The van der Waals surface area contributed by atoms with Crippen LogP contribution in [0.1, 0.15) is 27.9 Å². The number of aromatic nitrogens is 2. The lowest BCUT2D eigenvalue weighted by Crippen LogP contribution is -2.47. The van der Waals surface area contributed by atoms with Gasteiger partial charge in [0, 0.05) is 62.8 Å². The van der Waals surface area contributed by atoms with Crippen molar-refractivity contribution in [3.05, 3.63) is 53.3 Å². The first kappa shape index (κ1) is 20.8. The molecule has 1 amide bonds. The van der Waals surface area contributed by atoms with Crippen LogP contribution in [-0.2, 0) is 13.0 Å². The van der Waals surface area contributed by atoms with Crippen molar-refractivity contribution in [3.63, 3.8) is 0 Å². The Labute approximate surface area is 178 Å². The summed E-state index contributed by atoms with van der Waals surface area (Å²) in [6.07, 6.45) is 5.87. The van der Waals surface area contributed by atoms with E-state index in [-0.39, 0.29) is 5.91 Å². The molecule has 0 N–H and O–H groups in total. The van der Waals surface area contributed by atoms with Crippen molar-refractivity contribution < 1.29 is 9.53 Å². The van der Waals surface area contributed by atoms with E-state index in [1.54, 1.807) is 7.11 Å². The number of hydrogen-bond donors (Lipinski definition) is 0. The van der Waals surface area contributed by atoms with Gasteiger partial charge in [0.25, 0.3) is 5.91 Å². The zero-order chi connectivity index (χ0) is 20.9. The highest BCUT2D eigenvalue weighted by Gasteiger charge is 2.24. The van der Waals surface area contributed by atoms with Gasteiger partial charge in [0.15, 0.2) is 0 Å². The number of methoxy groups -OCH3 is 1. The molecule has 7 heteroatoms. The molecular weight excluding hydrogens is 378 g/mol. The molecule has 30 heavy (non-hydrogen) atoms. The van der Waals surface area contributed by atoms with E-state index >= 15 is 0 Å². The Morgan fingerprint density at radius 1 is 1.10 bits per heavy atom. The first-order valence-electron chi connectivity index (χ1n) is 10.7. The van der Waals surface area contributed by atoms with E-state index in [2.05, 4.69) is 38.9 Å². The van der Waals surface area contributed by atoms with Crippen LogP contribution in [0, 0.1) is 5.92 Å². The Hall–Kier alpha value is -2.51. The zero-order valence-corrected chi connectivity index (χ0v) is 18.0. The van der Waals surface area contributed by atoms with Gasteiger partial charge in [0.05, 0.1) is 7.11 Å². The van der Waals surface area contributed by atoms with Crippen molar-refractivity contribution >= 4 is 5.91 Å². The van der Waals surface area contributed by atoms with E-state index in [0.717, 1.165) is 63.4 Å². The van der Waals surface area contributed by atoms with Gasteiger partial charge in [0.2, 0.25) is 0 Å². The number of hydrogen-bond acceptors (Lipinski definition) is 6. The Bertz CT molecular complexity index is 849. The maximum Gasteiger partial charge on any atom is 0.316 e. The normalized spacial score (nSPS) is 20.5. The van der Waals surface area contributed by atoms with E-state index in [4.69, 9.17) is 4.74 Å². The molecule has 1 atom stereocenters. The Morgan fingerprint density at radius 2 is 1.87 bits per heavy atom. The SMILES string of the molecule is COc1ncc(CN2CCC(Cc3cccc(C(=O)N4CCN(C)CC4)c3)C2)cn1. The summed E-state index contributed by atoms with van der Waals surface area (Å²) in [5.74, 6) is 0.774. The van der Waals surface area contributed by atoms with Crippen LogP contribution >= 0.6 is 0 Å². The van der Waals surface area contributed by atoms with Gasteiger partial charge >= 0.3 is 6.01 Å². The number of benzene rings is 1. The molecular formula is C23H31N5O2. The van der Waals surface area contributed by atoms with Crippen LogP contribution in [0.3, 0.4) is 0 Å². The summed E-state index contributed by atoms with van der Waals surface area (Å²) in [6.45, 7) is 6.52. The van der Waals surface area contributed by atoms with Gasteiger partial charge in [-0.05, 0) is 50.0 Å². The summed E-state index contributed by atoms with van der Waals surface area (Å²) < 4.78 is 5.03. The minimum absolute atomic E-state index is 0.164. The Morgan fingerprint density at radius 3 is 2.60 bits per heavy atom. The first-order chi connectivity index (χ1) is 14.6. The molecule has 1 unspecified atom stereocenters. The minimum Gasteiger partial charge on any atom is -0.467 e. The zero-order valence-electron chi connectivity index (χ0n) is 18.0. The fourth-order valence-electron chi connectivity index (χ4n) is 4.37. The molecule has 0 aliphatic carbocycles. The molecule has 2 aromatic rings. The van der Waals surface area contributed by atoms with Crippen molar-refractivity contribution in [2.24, 2.45) is 5.92 Å². The lowest BCUT2D eigenvalue weighted by atomic mass is 9.97. The lowest BCUT2D eigenvalue weighted by Gasteiger charge is -2.32. The predicted octanol–water partition coefficient (Wildman–Crippen LogP) is 1.94. The summed E-state index contributed by atoms with van der Waals surface area (Å²) >= 11 is 0. The first-order valence-corrected chi connectivity index (χ1v) is 10.7. The number of carbonyl (C=O) groups is 1. The van der Waals surface area contributed by atoms with Crippen LogP contribution < -0.4 is 4.74 Å². The number of ether oxygens (including phenoxy) is 1. The number of rotatable bonds is 6. The van der Waals surface area contributed by atoms with Crippen molar-refractivity contribution in [1.82, 2.24) is 24.7 Å². The van der Waals surface area contributed by atoms with Crippen LogP contribution in [0.4, 0.5) is 0 Å². The van der Waals surface area contributed by atoms with E-state index in [9.17, 15) is 4.79 Å². The van der Waals surface area contributed by atoms with Gasteiger partial charge in [-0.1, -0.05) is 12.1 Å². The molecule has 2 aliphatic heterocycles. The summed E-state index contributed by atoms with van der Waals surface area (Å²) in [5.41, 5.74) is 3.19. The van der Waals surface area contributed by atoms with Gasteiger partial charge < -0.3 is 14.5 Å². The van der Waals surface area contributed by atoms with Crippen molar-refractivity contribution in [3.8, 4) is 6.01 Å². The molecule has 1 aromatic heterocycles. The van der Waals surface area contributed by atoms with Crippen LogP contribution in [0.15, 0.2) is 36.7 Å². The summed E-state index contributed by atoms with van der Waals surface area (Å²) in [6, 6.07) is 8.64. The van der Waals surface area contributed by atoms with Crippen molar-refractivity contribution in [1.29, 1.82) is 0 Å². The maximum atomic E-state index is 12.9. The quantitative estimate of drug-likeness (QED) is 0.727. The predicted molar refractivity (Wildman–Crippen MR) is 116 cm³/mol. The molecule has 2 aliphatic rings.